The molecule has 0 aliphatic carbocycles. The van der Waals surface area contributed by atoms with Crippen molar-refractivity contribution in [2.75, 3.05) is 31.9 Å². The Morgan fingerprint density at radius 1 is 1.13 bits per heavy atom. The molecule has 1 atom stereocenters. The summed E-state index contributed by atoms with van der Waals surface area (Å²) in [6, 6.07) is 0.707. The van der Waals surface area contributed by atoms with E-state index in [9.17, 15) is 18.0 Å². The predicted octanol–water partition coefficient (Wildman–Crippen LogP) is 4.64. The highest BCUT2D eigenvalue weighted by Gasteiger charge is 2.37. The number of hydrogen-bond acceptors (Lipinski definition) is 10. The highest BCUT2D eigenvalue weighted by atomic mass is 32.1. The van der Waals surface area contributed by atoms with E-state index in [1.165, 1.54) is 19.5 Å². The Labute approximate surface area is 220 Å². The van der Waals surface area contributed by atoms with Crippen LogP contribution in [0.4, 0.5) is 24.5 Å². The second-order valence-electron chi connectivity index (χ2n) is 8.12. The lowest BCUT2D eigenvalue weighted by Crippen LogP contribution is -2.16. The van der Waals surface area contributed by atoms with Gasteiger partial charge in [-0.05, 0) is 18.9 Å². The van der Waals surface area contributed by atoms with Crippen molar-refractivity contribution in [2.24, 2.45) is 5.92 Å². The van der Waals surface area contributed by atoms with Crippen LogP contribution in [0.1, 0.15) is 36.1 Å². The number of hydrogen-bond donors (Lipinski definition) is 2. The highest BCUT2D eigenvalue weighted by molar-refractivity contribution is 7.18. The number of amides is 1. The molecule has 0 saturated carbocycles. The van der Waals surface area contributed by atoms with Crippen molar-refractivity contribution in [3.05, 3.63) is 40.8 Å². The minimum Gasteiger partial charge on any atom is -0.479 e. The van der Waals surface area contributed by atoms with Gasteiger partial charge in [-0.25, -0.2) is 9.97 Å². The van der Waals surface area contributed by atoms with Crippen LogP contribution >= 0.6 is 11.3 Å². The molecular weight excluding hydrogens is 525 g/mol. The van der Waals surface area contributed by atoms with Gasteiger partial charge in [-0.1, -0.05) is 25.2 Å². The van der Waals surface area contributed by atoms with Crippen LogP contribution in [0, 0.1) is 12.8 Å². The molecule has 0 spiro atoms. The molecule has 0 aromatic carbocycles. The first-order valence-electron chi connectivity index (χ1n) is 11.2. The van der Waals surface area contributed by atoms with Crippen LogP contribution in [0.3, 0.4) is 0 Å². The van der Waals surface area contributed by atoms with E-state index < -0.39 is 17.6 Å². The van der Waals surface area contributed by atoms with Crippen LogP contribution in [-0.4, -0.2) is 57.6 Å². The first-order chi connectivity index (χ1) is 18.0. The Morgan fingerprint density at radius 2 is 1.82 bits per heavy atom. The fourth-order valence-corrected chi connectivity index (χ4v) is 4.48. The lowest BCUT2D eigenvalue weighted by molar-refractivity contribution is -0.137. The fourth-order valence-electron chi connectivity index (χ4n) is 3.71. The van der Waals surface area contributed by atoms with Crippen LogP contribution in [0.15, 0.2) is 24.7 Å². The summed E-state index contributed by atoms with van der Waals surface area (Å²) in [7, 11) is 4.86. The highest BCUT2D eigenvalue weighted by Crippen LogP contribution is 2.38. The molecule has 0 fully saturated rings. The molecule has 0 bridgehead atoms. The number of methoxy groups -OCH3 is 2. The standard InChI is InChI=1S/C13H19N3OS.C10H8F3N5O2/c1-7(2)12(17-5)10-9(14-4)6-15-13-11(10)16-8(3)18-13;1-20-9-7(14-5-19)4-6(10(11,12)13)8(17-9)18-15-2-3-16-18/h6-7,12,14H,1-5H3;2-5H,1H3,(H,14,19). The molecule has 1 unspecified atom stereocenters. The summed E-state index contributed by atoms with van der Waals surface area (Å²) >= 11 is 1.62. The van der Waals surface area contributed by atoms with Gasteiger partial charge in [0.15, 0.2) is 5.82 Å². The number of carbonyl (C=O) groups is 1. The number of ether oxygens (including phenoxy) is 2. The minimum absolute atomic E-state index is 0.0273. The lowest BCUT2D eigenvalue weighted by atomic mass is 9.97. The van der Waals surface area contributed by atoms with Gasteiger partial charge >= 0.3 is 6.18 Å². The number of fused-ring (bicyclic) bond motifs is 1. The van der Waals surface area contributed by atoms with Gasteiger partial charge in [-0.3, -0.25) is 4.79 Å². The predicted molar refractivity (Wildman–Crippen MR) is 137 cm³/mol. The van der Waals surface area contributed by atoms with E-state index in [0.29, 0.717) is 12.0 Å². The van der Waals surface area contributed by atoms with E-state index in [-0.39, 0.29) is 24.1 Å². The Balaban J connectivity index is 0.000000212. The van der Waals surface area contributed by atoms with Crippen molar-refractivity contribution in [2.45, 2.75) is 33.1 Å². The third kappa shape index (κ3) is 6.16. The average Bonchev–Trinajstić information content (AvgIpc) is 3.53. The fraction of sp³-hybridized carbons (Fsp3) is 0.391. The van der Waals surface area contributed by atoms with Crippen LogP contribution in [0.2, 0.25) is 0 Å². The topological polar surface area (TPSA) is 129 Å². The molecule has 0 radical (unpaired) electrons. The van der Waals surface area contributed by atoms with Crippen LogP contribution in [0.25, 0.3) is 16.2 Å². The first-order valence-corrected chi connectivity index (χ1v) is 12.1. The van der Waals surface area contributed by atoms with E-state index in [1.807, 2.05) is 20.2 Å². The van der Waals surface area contributed by atoms with E-state index in [2.05, 4.69) is 49.6 Å². The van der Waals surface area contributed by atoms with E-state index in [1.54, 1.807) is 18.4 Å². The number of halogens is 3. The zero-order valence-corrected chi connectivity index (χ0v) is 22.3. The summed E-state index contributed by atoms with van der Waals surface area (Å²) in [6.07, 6.45) is -0.145. The minimum atomic E-state index is -4.69. The number of thiazole rings is 1. The number of anilines is 2. The molecule has 2 N–H and O–H groups in total. The maximum atomic E-state index is 13.0. The number of alkyl halides is 3. The maximum Gasteiger partial charge on any atom is 0.420 e. The van der Waals surface area contributed by atoms with Crippen LogP contribution in [0.5, 0.6) is 5.88 Å². The van der Waals surface area contributed by atoms with Gasteiger partial charge in [0.25, 0.3) is 0 Å². The van der Waals surface area contributed by atoms with Crippen LogP contribution in [-0.2, 0) is 15.7 Å². The maximum absolute atomic E-state index is 13.0. The summed E-state index contributed by atoms with van der Waals surface area (Å²) in [5, 5.41) is 13.5. The third-order valence-electron chi connectivity index (χ3n) is 5.27. The molecule has 4 aromatic rings. The molecule has 4 heterocycles. The van der Waals surface area contributed by atoms with Gasteiger partial charge in [-0.2, -0.15) is 28.4 Å². The Morgan fingerprint density at radius 3 is 2.34 bits per heavy atom. The average molecular weight is 553 g/mol. The molecule has 204 valence electrons. The third-order valence-corrected chi connectivity index (χ3v) is 6.15. The molecule has 0 aliphatic rings. The van der Waals surface area contributed by atoms with Crippen molar-refractivity contribution < 1.29 is 27.4 Å². The monoisotopic (exact) mass is 552 g/mol. The summed E-state index contributed by atoms with van der Waals surface area (Å²) in [5.41, 5.74) is 1.77. The Hall–Kier alpha value is -3.85. The number of aryl methyl sites for hydroxylation is 1. The molecule has 0 aliphatic heterocycles. The van der Waals surface area contributed by atoms with Crippen molar-refractivity contribution in [3.8, 4) is 11.7 Å². The normalized spacial score (nSPS) is 12.2. The summed E-state index contributed by atoms with van der Waals surface area (Å²) < 4.78 is 49.6. The SMILES string of the molecule is CNc1cnc2sc(C)nc2c1C(OC)C(C)C.COc1nc(-n2nccn2)c(C(F)(F)F)cc1NC=O. The number of carbonyl (C=O) groups excluding carboxylic acids is 1. The van der Waals surface area contributed by atoms with Gasteiger partial charge < -0.3 is 20.1 Å². The van der Waals surface area contributed by atoms with Gasteiger partial charge in [-0.15, -0.1) is 4.80 Å². The molecule has 4 aromatic heterocycles. The van der Waals surface area contributed by atoms with Gasteiger partial charge in [0, 0.05) is 19.7 Å². The molecule has 38 heavy (non-hydrogen) atoms. The first kappa shape index (κ1) is 28.7. The molecule has 11 nitrogen and oxygen atoms in total. The number of aromatic nitrogens is 6. The molecular formula is C23H27F3N8O3S. The number of nitrogens with zero attached hydrogens (tertiary/aromatic N) is 6. The van der Waals surface area contributed by atoms with Gasteiger partial charge in [0.1, 0.15) is 21.6 Å². The zero-order valence-electron chi connectivity index (χ0n) is 21.5. The zero-order chi connectivity index (χ0) is 28.0. The summed E-state index contributed by atoms with van der Waals surface area (Å²) in [4.78, 5) is 24.9. The number of rotatable bonds is 8. The second-order valence-corrected chi connectivity index (χ2v) is 9.30. The van der Waals surface area contributed by atoms with Crippen molar-refractivity contribution in [1.82, 2.24) is 29.9 Å². The van der Waals surface area contributed by atoms with E-state index in [0.717, 1.165) is 31.4 Å². The smallest absolute Gasteiger partial charge is 0.420 e. The lowest BCUT2D eigenvalue weighted by Gasteiger charge is -2.22. The second kappa shape index (κ2) is 12.1. The number of nitrogens with one attached hydrogen (secondary N) is 2. The largest absolute Gasteiger partial charge is 0.479 e. The molecule has 1 amide bonds. The molecule has 15 heteroatoms. The number of pyridine rings is 2. The Bertz CT molecular complexity index is 1380. The quantitative estimate of drug-likeness (QED) is 0.300. The van der Waals surface area contributed by atoms with E-state index in [4.69, 9.17) is 9.47 Å². The van der Waals surface area contributed by atoms with E-state index >= 15 is 0 Å². The van der Waals surface area contributed by atoms with Crippen molar-refractivity contribution in [1.29, 1.82) is 0 Å². The molecule has 4 rings (SSSR count). The van der Waals surface area contributed by atoms with Crippen molar-refractivity contribution in [3.63, 3.8) is 0 Å². The van der Waals surface area contributed by atoms with Gasteiger partial charge in [0.2, 0.25) is 12.3 Å². The van der Waals surface area contributed by atoms with Gasteiger partial charge in [0.05, 0.1) is 42.5 Å². The summed E-state index contributed by atoms with van der Waals surface area (Å²) in [5.74, 6) is -0.345. The van der Waals surface area contributed by atoms with Crippen LogP contribution < -0.4 is 15.4 Å². The molecule has 0 saturated heterocycles. The van der Waals surface area contributed by atoms with Crippen molar-refractivity contribution >= 4 is 39.5 Å². The Kier molecular flexibility index (Phi) is 9.17. The summed E-state index contributed by atoms with van der Waals surface area (Å²) in [6.45, 7) is 6.31.